The van der Waals surface area contributed by atoms with Gasteiger partial charge in [0.15, 0.2) is 11.0 Å². The van der Waals surface area contributed by atoms with E-state index in [9.17, 15) is 4.79 Å². The van der Waals surface area contributed by atoms with Crippen LogP contribution in [0.3, 0.4) is 0 Å². The van der Waals surface area contributed by atoms with E-state index in [1.165, 1.54) is 24.6 Å². The van der Waals surface area contributed by atoms with E-state index in [0.717, 1.165) is 17.8 Å². The maximum absolute atomic E-state index is 12.5. The Hall–Kier alpha value is -2.15. The van der Waals surface area contributed by atoms with E-state index >= 15 is 0 Å². The number of aromatic nitrogens is 4. The fourth-order valence-electron chi connectivity index (χ4n) is 3.56. The normalized spacial score (nSPS) is 22.4. The number of rotatable bonds is 7. The Morgan fingerprint density at radius 1 is 1.41 bits per heavy atom. The monoisotopic (exact) mass is 385 g/mol. The molecule has 1 amide bonds. The van der Waals surface area contributed by atoms with Crippen LogP contribution in [-0.2, 0) is 11.3 Å². The number of amides is 1. The average Bonchev–Trinajstić information content (AvgIpc) is 3.07. The van der Waals surface area contributed by atoms with E-state index in [4.69, 9.17) is 0 Å². The van der Waals surface area contributed by atoms with Crippen LogP contribution in [0.5, 0.6) is 0 Å². The number of nitrogens with zero attached hydrogens (tertiary/aromatic N) is 4. The van der Waals surface area contributed by atoms with Crippen molar-refractivity contribution < 1.29 is 4.79 Å². The van der Waals surface area contributed by atoms with Gasteiger partial charge in [-0.05, 0) is 30.4 Å². The summed E-state index contributed by atoms with van der Waals surface area (Å²) in [6, 6.07) is 4.09. The van der Waals surface area contributed by atoms with Crippen molar-refractivity contribution in [2.24, 2.45) is 11.8 Å². The van der Waals surface area contributed by atoms with Crippen LogP contribution in [-0.4, -0.2) is 37.5 Å². The number of hydrogen-bond donors (Lipinski definition) is 1. The standard InChI is InChI=1S/C20H27N5OS/c1-4-11-25-19(16-8-6-10-21-12-16)23-24-20(25)27-13-18(26)22-17-9-5-7-14(2)15(17)3/h4,6,8,10,12,14-15,17H,1,5,7,9,11,13H2,2-3H3,(H,22,26)/t14-,15-,17-/m1/s1. The molecule has 27 heavy (non-hydrogen) atoms. The molecule has 3 atom stereocenters. The molecule has 6 nitrogen and oxygen atoms in total. The lowest BCUT2D eigenvalue weighted by atomic mass is 9.78. The first-order valence-corrected chi connectivity index (χ1v) is 10.5. The predicted molar refractivity (Wildman–Crippen MR) is 108 cm³/mol. The fraction of sp³-hybridized carbons (Fsp3) is 0.500. The Kier molecular flexibility index (Phi) is 6.66. The minimum atomic E-state index is 0.0574. The summed E-state index contributed by atoms with van der Waals surface area (Å²) >= 11 is 1.41. The van der Waals surface area contributed by atoms with E-state index in [1.807, 2.05) is 16.7 Å². The fourth-order valence-corrected chi connectivity index (χ4v) is 4.32. The van der Waals surface area contributed by atoms with E-state index in [2.05, 4.69) is 40.9 Å². The van der Waals surface area contributed by atoms with Crippen molar-refractivity contribution in [1.82, 2.24) is 25.1 Å². The SMILES string of the molecule is C=CCn1c(SCC(=O)N[C@@H]2CCC[C@@H](C)[C@H]2C)nnc1-c1cccnc1. The van der Waals surface area contributed by atoms with Gasteiger partial charge < -0.3 is 5.32 Å². The number of allylic oxidation sites excluding steroid dienone is 1. The maximum Gasteiger partial charge on any atom is 0.230 e. The summed E-state index contributed by atoms with van der Waals surface area (Å²) < 4.78 is 1.97. The van der Waals surface area contributed by atoms with Crippen molar-refractivity contribution in [2.45, 2.75) is 50.9 Å². The van der Waals surface area contributed by atoms with Gasteiger partial charge in [0.2, 0.25) is 5.91 Å². The van der Waals surface area contributed by atoms with Crippen LogP contribution < -0.4 is 5.32 Å². The van der Waals surface area contributed by atoms with Gasteiger partial charge in [-0.15, -0.1) is 16.8 Å². The third-order valence-electron chi connectivity index (χ3n) is 5.33. The molecule has 0 aromatic carbocycles. The Bertz CT molecular complexity index is 776. The minimum Gasteiger partial charge on any atom is -0.352 e. The van der Waals surface area contributed by atoms with Gasteiger partial charge in [0.05, 0.1) is 5.75 Å². The Morgan fingerprint density at radius 3 is 3.00 bits per heavy atom. The highest BCUT2D eigenvalue weighted by Crippen LogP contribution is 2.30. The Balaban J connectivity index is 1.64. The lowest BCUT2D eigenvalue weighted by Crippen LogP contribution is -2.44. The summed E-state index contributed by atoms with van der Waals surface area (Å²) in [6.07, 6.45) is 8.80. The molecular weight excluding hydrogens is 358 g/mol. The van der Waals surface area contributed by atoms with E-state index in [-0.39, 0.29) is 11.9 Å². The molecule has 1 fully saturated rings. The van der Waals surface area contributed by atoms with Gasteiger partial charge in [0, 0.05) is 30.5 Å². The summed E-state index contributed by atoms with van der Waals surface area (Å²) in [5.74, 6) is 2.31. The third-order valence-corrected chi connectivity index (χ3v) is 6.30. The first-order chi connectivity index (χ1) is 13.1. The third kappa shape index (κ3) is 4.77. The quantitative estimate of drug-likeness (QED) is 0.583. The molecule has 2 aromatic heterocycles. The zero-order valence-corrected chi connectivity index (χ0v) is 16.8. The summed E-state index contributed by atoms with van der Waals surface area (Å²) in [7, 11) is 0. The first kappa shape index (κ1) is 19.6. The van der Waals surface area contributed by atoms with Crippen molar-refractivity contribution in [3.63, 3.8) is 0 Å². The van der Waals surface area contributed by atoms with Crippen LogP contribution in [0.2, 0.25) is 0 Å². The molecule has 0 saturated heterocycles. The Labute approximate surface area is 164 Å². The molecule has 0 bridgehead atoms. The smallest absolute Gasteiger partial charge is 0.230 e. The van der Waals surface area contributed by atoms with Gasteiger partial charge in [-0.3, -0.25) is 14.3 Å². The molecule has 144 valence electrons. The zero-order chi connectivity index (χ0) is 19.2. The molecule has 0 spiro atoms. The van der Waals surface area contributed by atoms with Crippen LogP contribution in [0.4, 0.5) is 0 Å². The van der Waals surface area contributed by atoms with Crippen molar-refractivity contribution in [3.05, 3.63) is 37.2 Å². The second-order valence-electron chi connectivity index (χ2n) is 7.18. The van der Waals surface area contributed by atoms with Crippen LogP contribution in [0.1, 0.15) is 33.1 Å². The number of carbonyl (C=O) groups is 1. The number of carbonyl (C=O) groups excluding carboxylic acids is 1. The van der Waals surface area contributed by atoms with Crippen molar-refractivity contribution in [2.75, 3.05) is 5.75 Å². The highest BCUT2D eigenvalue weighted by atomic mass is 32.2. The van der Waals surface area contributed by atoms with Gasteiger partial charge in [-0.25, -0.2) is 0 Å². The van der Waals surface area contributed by atoms with Crippen molar-refractivity contribution in [1.29, 1.82) is 0 Å². The second-order valence-corrected chi connectivity index (χ2v) is 8.12. The number of nitrogens with one attached hydrogen (secondary N) is 1. The molecule has 1 aliphatic rings. The van der Waals surface area contributed by atoms with Gasteiger partial charge in [-0.1, -0.05) is 44.5 Å². The molecule has 0 aliphatic heterocycles. The van der Waals surface area contributed by atoms with Gasteiger partial charge in [0.1, 0.15) is 0 Å². The predicted octanol–water partition coefficient (Wildman–Crippen LogP) is 3.56. The van der Waals surface area contributed by atoms with Crippen LogP contribution in [0.25, 0.3) is 11.4 Å². The molecule has 7 heteroatoms. The summed E-state index contributed by atoms with van der Waals surface area (Å²) in [5.41, 5.74) is 0.896. The number of thioether (sulfide) groups is 1. The van der Waals surface area contributed by atoms with E-state index < -0.39 is 0 Å². The zero-order valence-electron chi connectivity index (χ0n) is 16.0. The van der Waals surface area contributed by atoms with Crippen molar-refractivity contribution in [3.8, 4) is 11.4 Å². The molecule has 0 unspecified atom stereocenters. The highest BCUT2D eigenvalue weighted by Gasteiger charge is 2.28. The summed E-state index contributed by atoms with van der Waals surface area (Å²) in [4.78, 5) is 16.6. The second kappa shape index (κ2) is 9.17. The topological polar surface area (TPSA) is 72.7 Å². The highest BCUT2D eigenvalue weighted by molar-refractivity contribution is 7.99. The molecule has 3 rings (SSSR count). The van der Waals surface area contributed by atoms with Crippen LogP contribution in [0, 0.1) is 11.8 Å². The van der Waals surface area contributed by atoms with E-state index in [0.29, 0.717) is 29.3 Å². The number of hydrogen-bond acceptors (Lipinski definition) is 5. The summed E-state index contributed by atoms with van der Waals surface area (Å²) in [6.45, 7) is 8.91. The first-order valence-electron chi connectivity index (χ1n) is 9.46. The summed E-state index contributed by atoms with van der Waals surface area (Å²) in [5, 5.41) is 12.5. The average molecular weight is 386 g/mol. The molecule has 1 saturated carbocycles. The van der Waals surface area contributed by atoms with Crippen LogP contribution >= 0.6 is 11.8 Å². The molecule has 1 N–H and O–H groups in total. The Morgan fingerprint density at radius 2 is 2.26 bits per heavy atom. The molecule has 2 aromatic rings. The lowest BCUT2D eigenvalue weighted by molar-refractivity contribution is -0.120. The lowest BCUT2D eigenvalue weighted by Gasteiger charge is -2.34. The van der Waals surface area contributed by atoms with Crippen molar-refractivity contribution >= 4 is 17.7 Å². The van der Waals surface area contributed by atoms with Gasteiger partial charge in [0.25, 0.3) is 0 Å². The minimum absolute atomic E-state index is 0.0574. The number of pyridine rings is 1. The molecular formula is C20H27N5OS. The van der Waals surface area contributed by atoms with E-state index in [1.54, 1.807) is 18.5 Å². The molecule has 1 aliphatic carbocycles. The largest absolute Gasteiger partial charge is 0.352 e. The molecule has 0 radical (unpaired) electrons. The van der Waals surface area contributed by atoms with Crippen LogP contribution in [0.15, 0.2) is 42.3 Å². The molecule has 2 heterocycles. The van der Waals surface area contributed by atoms with Gasteiger partial charge in [-0.2, -0.15) is 0 Å². The maximum atomic E-state index is 12.5. The van der Waals surface area contributed by atoms with Gasteiger partial charge >= 0.3 is 0 Å².